The molecule has 0 spiro atoms. The second-order valence-corrected chi connectivity index (χ2v) is 8.91. The number of benzene rings is 2. The summed E-state index contributed by atoms with van der Waals surface area (Å²) in [6.07, 6.45) is 0. The van der Waals surface area contributed by atoms with Crippen LogP contribution in [-0.2, 0) is 0 Å². The van der Waals surface area contributed by atoms with Crippen LogP contribution < -0.4 is 10.3 Å². The van der Waals surface area contributed by atoms with Gasteiger partial charge in [-0.25, -0.2) is 4.98 Å². The summed E-state index contributed by atoms with van der Waals surface area (Å²) in [5.41, 5.74) is 1.95. The van der Waals surface area contributed by atoms with Gasteiger partial charge < -0.3 is 4.42 Å². The SMILES string of the molecule is Cc1csc(N2C(=O)c3oc4ccc(Br)cc4c(=O)c3[C@@H]2c2cccc(Cl)c2)n1. The number of carbonyl (C=O) groups is 1. The molecule has 5 nitrogen and oxygen atoms in total. The van der Waals surface area contributed by atoms with Crippen LogP contribution in [0.5, 0.6) is 0 Å². The Morgan fingerprint density at radius 2 is 2.03 bits per heavy atom. The van der Waals surface area contributed by atoms with Gasteiger partial charge in [0.2, 0.25) is 5.76 Å². The third-order valence-corrected chi connectivity index (χ3v) is 6.50. The highest BCUT2D eigenvalue weighted by Crippen LogP contribution is 2.42. The second kappa shape index (κ2) is 6.79. The molecule has 2 aromatic carbocycles. The van der Waals surface area contributed by atoms with Gasteiger partial charge in [0.25, 0.3) is 5.91 Å². The third kappa shape index (κ3) is 2.92. The fourth-order valence-corrected chi connectivity index (χ4v) is 4.97. The molecule has 8 heteroatoms. The lowest BCUT2D eigenvalue weighted by Gasteiger charge is -2.22. The Bertz CT molecular complexity index is 1360. The number of nitrogens with zero attached hydrogens (tertiary/aromatic N) is 2. The standard InChI is InChI=1S/C21H12BrClN2O3S/c1-10-9-29-21(24-10)25-17(11-3-2-4-13(23)7-11)16-18(26)14-8-12(22)5-6-15(14)28-19(16)20(25)27/h2-9,17H,1H3/t17-/m0/s1. The van der Waals surface area contributed by atoms with Crippen LogP contribution in [0.15, 0.2) is 61.5 Å². The smallest absolute Gasteiger partial charge is 0.297 e. The summed E-state index contributed by atoms with van der Waals surface area (Å²) in [6.45, 7) is 1.86. The van der Waals surface area contributed by atoms with Crippen molar-refractivity contribution in [1.29, 1.82) is 0 Å². The number of aromatic nitrogens is 1. The molecule has 0 N–H and O–H groups in total. The number of halogens is 2. The molecule has 144 valence electrons. The van der Waals surface area contributed by atoms with Crippen LogP contribution in [0.1, 0.15) is 33.4 Å². The highest BCUT2D eigenvalue weighted by atomic mass is 79.9. The molecule has 0 aliphatic carbocycles. The summed E-state index contributed by atoms with van der Waals surface area (Å²) in [5.74, 6) is -0.344. The van der Waals surface area contributed by atoms with Crippen LogP contribution in [0, 0.1) is 6.92 Å². The van der Waals surface area contributed by atoms with Gasteiger partial charge in [-0.1, -0.05) is 39.7 Å². The van der Waals surface area contributed by atoms with Crippen LogP contribution >= 0.6 is 38.9 Å². The molecule has 4 aromatic rings. The summed E-state index contributed by atoms with van der Waals surface area (Å²) in [5, 5.41) is 3.30. The minimum atomic E-state index is -0.665. The molecule has 0 saturated carbocycles. The van der Waals surface area contributed by atoms with E-state index in [4.69, 9.17) is 16.0 Å². The van der Waals surface area contributed by atoms with E-state index in [0.29, 0.717) is 26.7 Å². The topological polar surface area (TPSA) is 63.4 Å². The molecule has 0 bridgehead atoms. The van der Waals surface area contributed by atoms with E-state index in [-0.39, 0.29) is 17.1 Å². The van der Waals surface area contributed by atoms with Crippen molar-refractivity contribution in [2.24, 2.45) is 0 Å². The van der Waals surface area contributed by atoms with E-state index in [2.05, 4.69) is 20.9 Å². The zero-order valence-corrected chi connectivity index (χ0v) is 18.1. The molecule has 5 rings (SSSR count). The fourth-order valence-electron chi connectivity index (χ4n) is 3.59. The molecule has 0 unspecified atom stereocenters. The molecule has 1 aliphatic heterocycles. The number of aryl methyl sites for hydroxylation is 1. The molecular formula is C21H12BrClN2O3S. The monoisotopic (exact) mass is 486 g/mol. The van der Waals surface area contributed by atoms with E-state index in [0.717, 1.165) is 15.7 Å². The Morgan fingerprint density at radius 1 is 1.21 bits per heavy atom. The zero-order chi connectivity index (χ0) is 20.3. The largest absolute Gasteiger partial charge is 0.450 e. The van der Waals surface area contributed by atoms with Gasteiger partial charge in [-0.05, 0) is 42.8 Å². The number of thiazole rings is 1. The Balaban J connectivity index is 1.84. The van der Waals surface area contributed by atoms with Gasteiger partial charge in [-0.2, -0.15) is 0 Å². The molecule has 1 amide bonds. The van der Waals surface area contributed by atoms with E-state index in [1.807, 2.05) is 18.4 Å². The molecule has 1 aliphatic rings. The predicted molar refractivity (Wildman–Crippen MR) is 117 cm³/mol. The maximum atomic E-state index is 13.5. The number of fused-ring (bicyclic) bond motifs is 2. The van der Waals surface area contributed by atoms with Gasteiger partial charge in [0.1, 0.15) is 5.58 Å². The lowest BCUT2D eigenvalue weighted by Crippen LogP contribution is -2.29. The third-order valence-electron chi connectivity index (χ3n) is 4.81. The molecule has 0 radical (unpaired) electrons. The fraction of sp³-hybridized carbons (Fsp3) is 0.0952. The number of hydrogen-bond donors (Lipinski definition) is 0. The number of amides is 1. The van der Waals surface area contributed by atoms with Crippen molar-refractivity contribution in [2.45, 2.75) is 13.0 Å². The van der Waals surface area contributed by atoms with Gasteiger partial charge in [0, 0.05) is 14.9 Å². The van der Waals surface area contributed by atoms with Crippen molar-refractivity contribution in [2.75, 3.05) is 4.90 Å². The average molecular weight is 488 g/mol. The minimum absolute atomic E-state index is 0.0441. The number of rotatable bonds is 2. The van der Waals surface area contributed by atoms with Crippen molar-refractivity contribution in [3.05, 3.63) is 90.1 Å². The molecule has 0 fully saturated rings. The lowest BCUT2D eigenvalue weighted by molar-refractivity contribution is 0.0971. The Hall–Kier alpha value is -2.48. The van der Waals surface area contributed by atoms with Gasteiger partial charge in [0.05, 0.1) is 22.7 Å². The van der Waals surface area contributed by atoms with Crippen LogP contribution in [0.4, 0.5) is 5.13 Å². The quantitative estimate of drug-likeness (QED) is 0.362. The average Bonchev–Trinajstić information content (AvgIpc) is 3.24. The summed E-state index contributed by atoms with van der Waals surface area (Å²) in [6, 6.07) is 11.6. The molecule has 2 aromatic heterocycles. The Kier molecular flexibility index (Phi) is 4.34. The maximum absolute atomic E-state index is 13.5. The number of anilines is 1. The number of hydrogen-bond acceptors (Lipinski definition) is 5. The van der Waals surface area contributed by atoms with Crippen LogP contribution in [0.3, 0.4) is 0 Å². The molecule has 0 saturated heterocycles. The van der Waals surface area contributed by atoms with Gasteiger partial charge in [-0.15, -0.1) is 11.3 Å². The van der Waals surface area contributed by atoms with Crippen LogP contribution in [0.25, 0.3) is 11.0 Å². The molecular weight excluding hydrogens is 476 g/mol. The summed E-state index contributed by atoms with van der Waals surface area (Å²) in [7, 11) is 0. The minimum Gasteiger partial charge on any atom is -0.450 e. The second-order valence-electron chi connectivity index (χ2n) is 6.72. The summed E-state index contributed by atoms with van der Waals surface area (Å²) >= 11 is 11.0. The van der Waals surface area contributed by atoms with Crippen LogP contribution in [0.2, 0.25) is 5.02 Å². The normalized spacial score (nSPS) is 15.9. The maximum Gasteiger partial charge on any atom is 0.297 e. The van der Waals surface area contributed by atoms with E-state index < -0.39 is 6.04 Å². The van der Waals surface area contributed by atoms with Crippen LogP contribution in [-0.4, -0.2) is 10.9 Å². The van der Waals surface area contributed by atoms with Crippen molar-refractivity contribution in [3.63, 3.8) is 0 Å². The Morgan fingerprint density at radius 3 is 2.76 bits per heavy atom. The lowest BCUT2D eigenvalue weighted by atomic mass is 9.99. The van der Waals surface area contributed by atoms with Crippen molar-refractivity contribution >= 4 is 60.9 Å². The van der Waals surface area contributed by atoms with Gasteiger partial charge in [0.15, 0.2) is 10.6 Å². The first-order valence-corrected chi connectivity index (χ1v) is 10.8. The number of carbonyl (C=O) groups excluding carboxylic acids is 1. The van der Waals surface area contributed by atoms with E-state index in [1.165, 1.54) is 16.2 Å². The predicted octanol–water partition coefficient (Wildman–Crippen LogP) is 5.72. The van der Waals surface area contributed by atoms with E-state index in [1.54, 1.807) is 36.4 Å². The van der Waals surface area contributed by atoms with Crippen molar-refractivity contribution < 1.29 is 9.21 Å². The summed E-state index contributed by atoms with van der Waals surface area (Å²) < 4.78 is 6.68. The molecule has 29 heavy (non-hydrogen) atoms. The van der Waals surface area contributed by atoms with Crippen molar-refractivity contribution in [1.82, 2.24) is 4.98 Å². The van der Waals surface area contributed by atoms with Crippen molar-refractivity contribution in [3.8, 4) is 0 Å². The first-order valence-electron chi connectivity index (χ1n) is 8.71. The zero-order valence-electron chi connectivity index (χ0n) is 15.0. The van der Waals surface area contributed by atoms with E-state index >= 15 is 0 Å². The highest BCUT2D eigenvalue weighted by molar-refractivity contribution is 9.10. The first-order chi connectivity index (χ1) is 13.9. The molecule has 1 atom stereocenters. The summed E-state index contributed by atoms with van der Waals surface area (Å²) in [4.78, 5) is 32.8. The molecule has 3 heterocycles. The van der Waals surface area contributed by atoms with Gasteiger partial charge in [-0.3, -0.25) is 14.5 Å². The highest BCUT2D eigenvalue weighted by Gasteiger charge is 2.44. The van der Waals surface area contributed by atoms with Gasteiger partial charge >= 0.3 is 0 Å². The van der Waals surface area contributed by atoms with E-state index in [9.17, 15) is 9.59 Å². The Labute approximate surface area is 182 Å². The first kappa shape index (κ1) is 18.5.